The Morgan fingerprint density at radius 3 is 2.56 bits per heavy atom. The molecule has 1 aliphatic carbocycles. The molecule has 1 aromatic carbocycles. The van der Waals surface area contributed by atoms with Crippen molar-refractivity contribution in [3.05, 3.63) is 47.0 Å². The van der Waals surface area contributed by atoms with Gasteiger partial charge in [0.2, 0.25) is 0 Å². The molecule has 2 unspecified atom stereocenters. The third-order valence-corrected chi connectivity index (χ3v) is 3.12. The van der Waals surface area contributed by atoms with Crippen molar-refractivity contribution in [2.24, 2.45) is 10.9 Å². The van der Waals surface area contributed by atoms with Crippen LogP contribution in [0.4, 0.5) is 0 Å². The molecule has 0 N–H and O–H groups in total. The lowest BCUT2D eigenvalue weighted by atomic mass is 9.95. The lowest BCUT2D eigenvalue weighted by molar-refractivity contribution is 0.544. The Labute approximate surface area is 102 Å². The van der Waals surface area contributed by atoms with E-state index in [0.29, 0.717) is 12.0 Å². The Hall–Kier alpha value is -1.08. The summed E-state index contributed by atoms with van der Waals surface area (Å²) in [5.41, 5.74) is 1.11. The summed E-state index contributed by atoms with van der Waals surface area (Å²) in [6, 6.07) is 8.11. The fourth-order valence-electron chi connectivity index (χ4n) is 1.80. The standard InChI is InChI=1S/C14H16ClN/c1-11-2-8-14(9-3-11)16-10-12-4-6-13(15)7-5-12/h2,4-8,10-11,14H,3,9H2,1H3/b16-10+. The average molecular weight is 234 g/mol. The van der Waals surface area contributed by atoms with Gasteiger partial charge in [0.15, 0.2) is 0 Å². The maximum Gasteiger partial charge on any atom is 0.0680 e. The Kier molecular flexibility index (Phi) is 3.79. The number of hydrogen-bond acceptors (Lipinski definition) is 1. The molecular weight excluding hydrogens is 218 g/mol. The van der Waals surface area contributed by atoms with Crippen LogP contribution >= 0.6 is 11.6 Å². The number of benzene rings is 1. The zero-order chi connectivity index (χ0) is 11.4. The number of halogens is 1. The van der Waals surface area contributed by atoms with Crippen molar-refractivity contribution in [1.29, 1.82) is 0 Å². The molecule has 0 saturated heterocycles. The van der Waals surface area contributed by atoms with Crippen molar-refractivity contribution in [3.63, 3.8) is 0 Å². The van der Waals surface area contributed by atoms with Gasteiger partial charge in [-0.3, -0.25) is 4.99 Å². The summed E-state index contributed by atoms with van der Waals surface area (Å²) >= 11 is 5.82. The lowest BCUT2D eigenvalue weighted by Crippen LogP contribution is -2.09. The van der Waals surface area contributed by atoms with Gasteiger partial charge in [0, 0.05) is 11.2 Å². The minimum atomic E-state index is 0.354. The molecule has 0 aromatic heterocycles. The molecule has 0 heterocycles. The maximum atomic E-state index is 5.82. The summed E-state index contributed by atoms with van der Waals surface area (Å²) in [6.07, 6.45) is 8.79. The quantitative estimate of drug-likeness (QED) is 0.539. The minimum absolute atomic E-state index is 0.354. The fraction of sp³-hybridized carbons (Fsp3) is 0.357. The van der Waals surface area contributed by atoms with Crippen molar-refractivity contribution in [2.75, 3.05) is 0 Å². The van der Waals surface area contributed by atoms with Gasteiger partial charge in [-0.1, -0.05) is 42.8 Å². The fourth-order valence-corrected chi connectivity index (χ4v) is 1.92. The van der Waals surface area contributed by atoms with Gasteiger partial charge >= 0.3 is 0 Å². The molecule has 1 nitrogen and oxygen atoms in total. The monoisotopic (exact) mass is 233 g/mol. The smallest absolute Gasteiger partial charge is 0.0680 e. The van der Waals surface area contributed by atoms with Gasteiger partial charge in [-0.05, 0) is 36.5 Å². The van der Waals surface area contributed by atoms with E-state index in [-0.39, 0.29) is 0 Å². The summed E-state index contributed by atoms with van der Waals surface area (Å²) in [4.78, 5) is 4.56. The van der Waals surface area contributed by atoms with E-state index in [0.717, 1.165) is 17.0 Å². The second-order valence-electron chi connectivity index (χ2n) is 4.34. The number of allylic oxidation sites excluding steroid dienone is 1. The molecule has 0 saturated carbocycles. The molecule has 0 aliphatic heterocycles. The second-order valence-corrected chi connectivity index (χ2v) is 4.77. The van der Waals surface area contributed by atoms with Crippen molar-refractivity contribution in [2.45, 2.75) is 25.8 Å². The van der Waals surface area contributed by atoms with Gasteiger partial charge in [-0.25, -0.2) is 0 Å². The Morgan fingerprint density at radius 1 is 1.19 bits per heavy atom. The molecule has 2 heteroatoms. The van der Waals surface area contributed by atoms with Crippen LogP contribution in [0.25, 0.3) is 0 Å². The van der Waals surface area contributed by atoms with Crippen LogP contribution in [-0.2, 0) is 0 Å². The normalized spacial score (nSPS) is 25.1. The summed E-state index contributed by atoms with van der Waals surface area (Å²) < 4.78 is 0. The van der Waals surface area contributed by atoms with Gasteiger partial charge in [-0.2, -0.15) is 0 Å². The maximum absolute atomic E-state index is 5.82. The highest BCUT2D eigenvalue weighted by molar-refractivity contribution is 6.30. The van der Waals surface area contributed by atoms with Crippen LogP contribution in [0.2, 0.25) is 5.02 Å². The first kappa shape index (κ1) is 11.4. The zero-order valence-corrected chi connectivity index (χ0v) is 10.2. The van der Waals surface area contributed by atoms with E-state index in [9.17, 15) is 0 Å². The van der Waals surface area contributed by atoms with Crippen LogP contribution in [0.5, 0.6) is 0 Å². The van der Waals surface area contributed by atoms with Gasteiger partial charge < -0.3 is 0 Å². The van der Waals surface area contributed by atoms with E-state index >= 15 is 0 Å². The first-order valence-electron chi connectivity index (χ1n) is 5.71. The van der Waals surface area contributed by atoms with Crippen LogP contribution < -0.4 is 0 Å². The predicted octanol–water partition coefficient (Wildman–Crippen LogP) is 4.11. The van der Waals surface area contributed by atoms with Gasteiger partial charge in [0.1, 0.15) is 0 Å². The summed E-state index contributed by atoms with van der Waals surface area (Å²) in [6.45, 7) is 2.25. The summed E-state index contributed by atoms with van der Waals surface area (Å²) in [5, 5.41) is 0.767. The van der Waals surface area contributed by atoms with Crippen molar-refractivity contribution in [3.8, 4) is 0 Å². The number of rotatable bonds is 2. The van der Waals surface area contributed by atoms with Gasteiger partial charge in [-0.15, -0.1) is 0 Å². The number of hydrogen-bond donors (Lipinski definition) is 0. The van der Waals surface area contributed by atoms with Crippen LogP contribution in [0.3, 0.4) is 0 Å². The molecule has 1 aliphatic rings. The highest BCUT2D eigenvalue weighted by Crippen LogP contribution is 2.18. The highest BCUT2D eigenvalue weighted by Gasteiger charge is 2.10. The molecule has 0 bridgehead atoms. The Balaban J connectivity index is 1.99. The third kappa shape index (κ3) is 3.21. The van der Waals surface area contributed by atoms with E-state index in [1.54, 1.807) is 0 Å². The topological polar surface area (TPSA) is 12.4 Å². The Morgan fingerprint density at radius 2 is 1.94 bits per heavy atom. The first-order valence-corrected chi connectivity index (χ1v) is 6.09. The highest BCUT2D eigenvalue weighted by atomic mass is 35.5. The molecule has 84 valence electrons. The minimum Gasteiger partial charge on any atom is -0.285 e. The molecule has 0 fully saturated rings. The molecule has 0 spiro atoms. The second kappa shape index (κ2) is 5.31. The Bertz CT molecular complexity index is 392. The molecule has 0 radical (unpaired) electrons. The largest absolute Gasteiger partial charge is 0.285 e. The zero-order valence-electron chi connectivity index (χ0n) is 9.44. The summed E-state index contributed by atoms with van der Waals surface area (Å²) in [7, 11) is 0. The number of nitrogens with zero attached hydrogens (tertiary/aromatic N) is 1. The molecule has 1 aromatic rings. The van der Waals surface area contributed by atoms with Gasteiger partial charge in [0.25, 0.3) is 0 Å². The molecule has 2 rings (SSSR count). The van der Waals surface area contributed by atoms with E-state index in [1.165, 1.54) is 6.42 Å². The lowest BCUT2D eigenvalue weighted by Gasteiger charge is -2.16. The van der Waals surface area contributed by atoms with Crippen LogP contribution in [0.15, 0.2) is 41.4 Å². The average Bonchev–Trinajstić information content (AvgIpc) is 2.30. The predicted molar refractivity (Wildman–Crippen MR) is 70.4 cm³/mol. The van der Waals surface area contributed by atoms with Crippen LogP contribution in [-0.4, -0.2) is 12.3 Å². The van der Waals surface area contributed by atoms with Crippen LogP contribution in [0.1, 0.15) is 25.3 Å². The van der Waals surface area contributed by atoms with Crippen molar-refractivity contribution in [1.82, 2.24) is 0 Å². The van der Waals surface area contributed by atoms with Crippen molar-refractivity contribution >= 4 is 17.8 Å². The third-order valence-electron chi connectivity index (χ3n) is 2.86. The van der Waals surface area contributed by atoms with E-state index in [4.69, 9.17) is 11.6 Å². The van der Waals surface area contributed by atoms with E-state index < -0.39 is 0 Å². The molecule has 0 amide bonds. The molecular formula is C14H16ClN. The van der Waals surface area contributed by atoms with Crippen LogP contribution in [0, 0.1) is 5.92 Å². The van der Waals surface area contributed by atoms with E-state index in [1.807, 2.05) is 30.5 Å². The summed E-state index contributed by atoms with van der Waals surface area (Å²) in [5.74, 6) is 0.710. The number of aliphatic imine (C=N–C) groups is 1. The van der Waals surface area contributed by atoms with Crippen molar-refractivity contribution < 1.29 is 0 Å². The first-order chi connectivity index (χ1) is 7.74. The van der Waals surface area contributed by atoms with Gasteiger partial charge in [0.05, 0.1) is 6.04 Å². The molecule has 16 heavy (non-hydrogen) atoms. The SMILES string of the molecule is CC1C=CC(/N=C/c2ccc(Cl)cc2)CC1. The van der Waals surface area contributed by atoms with E-state index in [2.05, 4.69) is 24.1 Å². The molecule has 2 atom stereocenters.